The molecule has 10 heteroatoms. The fourth-order valence-corrected chi connectivity index (χ4v) is 8.32. The van der Waals surface area contributed by atoms with Crippen molar-refractivity contribution in [1.29, 1.82) is 0 Å². The molecule has 37 heavy (non-hydrogen) atoms. The zero-order valence-electron chi connectivity index (χ0n) is 21.2. The van der Waals surface area contributed by atoms with Gasteiger partial charge in [0.2, 0.25) is 5.12 Å². The number of carbonyl (C=O) groups excluding carboxylic acids is 4. The molecule has 6 rings (SSSR count). The van der Waals surface area contributed by atoms with Crippen molar-refractivity contribution in [3.63, 3.8) is 0 Å². The molecule has 196 valence electrons. The number of likely N-dealkylation sites (N-methyl/N-ethyl adjacent to an activating group) is 1. The minimum absolute atomic E-state index is 0.0361. The summed E-state index contributed by atoms with van der Waals surface area (Å²) in [4.78, 5) is 49.0. The average molecular weight is 528 g/mol. The summed E-state index contributed by atoms with van der Waals surface area (Å²) in [5.74, 6) is 0.819. The van der Waals surface area contributed by atoms with Gasteiger partial charge in [0.05, 0.1) is 25.0 Å². The normalized spacial score (nSPS) is 36.4. The maximum Gasteiger partial charge on any atom is 0.308 e. The van der Waals surface area contributed by atoms with Gasteiger partial charge in [-0.15, -0.1) is 0 Å². The van der Waals surface area contributed by atoms with E-state index in [4.69, 9.17) is 14.2 Å². The molecule has 4 unspecified atom stereocenters. The van der Waals surface area contributed by atoms with Crippen LogP contribution in [0.2, 0.25) is 0 Å². The first-order valence-electron chi connectivity index (χ1n) is 12.8. The van der Waals surface area contributed by atoms with Crippen molar-refractivity contribution in [3.05, 3.63) is 35.4 Å². The predicted molar refractivity (Wildman–Crippen MR) is 134 cm³/mol. The van der Waals surface area contributed by atoms with Crippen LogP contribution in [0.15, 0.2) is 24.3 Å². The molecule has 0 saturated carbocycles. The second-order valence-electron chi connectivity index (χ2n) is 11.0. The number of rotatable bonds is 5. The van der Waals surface area contributed by atoms with Gasteiger partial charge in [-0.2, -0.15) is 0 Å². The Hall–Kier alpha value is -2.85. The van der Waals surface area contributed by atoms with Crippen molar-refractivity contribution in [2.75, 3.05) is 25.9 Å². The lowest BCUT2D eigenvalue weighted by atomic mass is 9.52. The van der Waals surface area contributed by atoms with E-state index in [0.29, 0.717) is 28.8 Å². The molecule has 1 N–H and O–H groups in total. The Labute approximate surface area is 219 Å². The molecule has 7 atom stereocenters. The molecule has 2 aliphatic carbocycles. The van der Waals surface area contributed by atoms with Crippen molar-refractivity contribution in [3.8, 4) is 11.5 Å². The van der Waals surface area contributed by atoms with Crippen LogP contribution in [0.25, 0.3) is 0 Å². The smallest absolute Gasteiger partial charge is 0.308 e. The Morgan fingerprint density at radius 3 is 2.73 bits per heavy atom. The molecular weight excluding hydrogens is 496 g/mol. The average Bonchev–Trinajstić information content (AvgIpc) is 3.39. The quantitative estimate of drug-likeness (QED) is 0.267. The van der Waals surface area contributed by atoms with Crippen LogP contribution in [-0.4, -0.2) is 77.6 Å². The Kier molecular flexibility index (Phi) is 5.69. The van der Waals surface area contributed by atoms with Crippen LogP contribution in [-0.2, 0) is 35.8 Å². The predicted octanol–water partition coefficient (Wildman–Crippen LogP) is 1.65. The zero-order valence-corrected chi connectivity index (χ0v) is 22.0. The van der Waals surface area contributed by atoms with Gasteiger partial charge in [0.25, 0.3) is 5.91 Å². The highest BCUT2D eigenvalue weighted by atomic mass is 32.2. The number of carbonyl (C=O) groups is 4. The monoisotopic (exact) mass is 527 g/mol. The SMILES string of the molecule is CC(=O)Oc1ccc2c3c1O[C@H]1[C@@H](OC(C)=O)C=CC4C(C2)[N+](C)(CC(=O)NC2CCSC2=O)CC[C@@]341. The number of piperidine rings is 1. The highest BCUT2D eigenvalue weighted by Crippen LogP contribution is 2.63. The number of benzene rings is 1. The largest absolute Gasteiger partial charge is 0.481 e. The molecule has 1 aromatic carbocycles. The molecule has 5 aliphatic rings. The number of likely N-dealkylation sites (tertiary alicyclic amines) is 1. The number of ether oxygens (including phenoxy) is 3. The Bertz CT molecular complexity index is 1250. The number of hydrogen-bond donors (Lipinski definition) is 1. The van der Waals surface area contributed by atoms with Crippen LogP contribution in [0.4, 0.5) is 0 Å². The van der Waals surface area contributed by atoms with E-state index in [1.54, 1.807) is 6.07 Å². The lowest BCUT2D eigenvalue weighted by molar-refractivity contribution is -0.936. The highest BCUT2D eigenvalue weighted by molar-refractivity contribution is 8.14. The van der Waals surface area contributed by atoms with Gasteiger partial charge in [0.15, 0.2) is 30.3 Å². The Morgan fingerprint density at radius 2 is 2.03 bits per heavy atom. The van der Waals surface area contributed by atoms with Crippen LogP contribution in [0.3, 0.4) is 0 Å². The van der Waals surface area contributed by atoms with E-state index in [1.807, 2.05) is 12.1 Å². The third-order valence-corrected chi connectivity index (χ3v) is 9.85. The maximum atomic E-state index is 13.1. The first-order valence-corrected chi connectivity index (χ1v) is 13.8. The number of quaternary nitrogens is 1. The third kappa shape index (κ3) is 3.71. The van der Waals surface area contributed by atoms with Crippen LogP contribution < -0.4 is 14.8 Å². The summed E-state index contributed by atoms with van der Waals surface area (Å²) in [7, 11) is 2.12. The standard InChI is InChI=1S/C27H30N2O7S/c1-14(30)34-20-6-4-16-12-19-17-5-7-21(35-15(2)31)25-27(17,23(16)24(20)36-25)9-10-29(19,3)13-22(32)28-18-8-11-37-26(18)33/h4-7,17-19,21,25H,8-13H2,1-3H3/p+1/t17?,18?,19?,21-,25-,27-,29?/m0/s1. The molecular formula is C27H31N2O7S+. The molecule has 1 spiro atoms. The molecule has 9 nitrogen and oxygen atoms in total. The van der Waals surface area contributed by atoms with E-state index >= 15 is 0 Å². The molecule has 1 aromatic rings. The van der Waals surface area contributed by atoms with Gasteiger partial charge < -0.3 is 24.0 Å². The minimum Gasteiger partial charge on any atom is -0.481 e. The van der Waals surface area contributed by atoms with Crippen molar-refractivity contribution < 1.29 is 37.9 Å². The topological polar surface area (TPSA) is 108 Å². The first-order chi connectivity index (χ1) is 17.6. The first kappa shape index (κ1) is 24.5. The molecule has 3 heterocycles. The van der Waals surface area contributed by atoms with Crippen LogP contribution in [0.5, 0.6) is 11.5 Å². The van der Waals surface area contributed by atoms with Gasteiger partial charge in [0.1, 0.15) is 6.04 Å². The van der Waals surface area contributed by atoms with Gasteiger partial charge in [-0.3, -0.25) is 19.2 Å². The Morgan fingerprint density at radius 1 is 1.22 bits per heavy atom. The maximum absolute atomic E-state index is 13.1. The lowest BCUT2D eigenvalue weighted by Gasteiger charge is -2.59. The highest BCUT2D eigenvalue weighted by Gasteiger charge is 2.68. The number of hydrogen-bond acceptors (Lipinski definition) is 8. The van der Waals surface area contributed by atoms with Crippen molar-refractivity contribution in [2.45, 2.75) is 62.8 Å². The summed E-state index contributed by atoms with van der Waals surface area (Å²) in [5.41, 5.74) is 1.70. The fourth-order valence-electron chi connectivity index (χ4n) is 7.39. The summed E-state index contributed by atoms with van der Waals surface area (Å²) in [6.45, 7) is 3.76. The summed E-state index contributed by atoms with van der Waals surface area (Å²) >= 11 is 1.28. The van der Waals surface area contributed by atoms with Crippen LogP contribution >= 0.6 is 11.8 Å². The minimum atomic E-state index is -0.566. The molecule has 0 radical (unpaired) electrons. The van der Waals surface area contributed by atoms with E-state index in [2.05, 4.69) is 18.4 Å². The van der Waals surface area contributed by atoms with Gasteiger partial charge in [-0.1, -0.05) is 23.9 Å². The molecule has 0 aromatic heterocycles. The van der Waals surface area contributed by atoms with E-state index < -0.39 is 29.6 Å². The molecule has 2 bridgehead atoms. The fraction of sp³-hybridized carbons (Fsp3) is 0.556. The summed E-state index contributed by atoms with van der Waals surface area (Å²) in [6.07, 6.45) is 5.16. The van der Waals surface area contributed by atoms with Crippen molar-refractivity contribution >= 4 is 34.7 Å². The van der Waals surface area contributed by atoms with Crippen molar-refractivity contribution in [1.82, 2.24) is 5.32 Å². The van der Waals surface area contributed by atoms with Crippen molar-refractivity contribution in [2.24, 2.45) is 5.92 Å². The summed E-state index contributed by atoms with van der Waals surface area (Å²) < 4.78 is 18.3. The lowest BCUT2D eigenvalue weighted by Crippen LogP contribution is -2.72. The number of nitrogens with zero attached hydrogens (tertiary/aromatic N) is 1. The van der Waals surface area contributed by atoms with Crippen LogP contribution in [0, 0.1) is 5.92 Å². The molecule has 2 fully saturated rings. The van der Waals surface area contributed by atoms with Gasteiger partial charge in [0, 0.05) is 43.9 Å². The zero-order chi connectivity index (χ0) is 26.1. The molecule has 2 saturated heterocycles. The number of esters is 2. The van der Waals surface area contributed by atoms with E-state index in [9.17, 15) is 19.2 Å². The summed E-state index contributed by atoms with van der Waals surface area (Å²) in [6, 6.07) is 3.46. The number of nitrogens with one attached hydrogen (secondary N) is 1. The van der Waals surface area contributed by atoms with Crippen LogP contribution in [0.1, 0.15) is 37.8 Å². The number of thioether (sulfide) groups is 1. The van der Waals surface area contributed by atoms with E-state index in [-0.39, 0.29) is 35.5 Å². The van der Waals surface area contributed by atoms with E-state index in [0.717, 1.165) is 29.8 Å². The number of amides is 1. The second-order valence-corrected chi connectivity index (χ2v) is 12.1. The summed E-state index contributed by atoms with van der Waals surface area (Å²) in [5, 5.41) is 3.00. The van der Waals surface area contributed by atoms with Gasteiger partial charge in [-0.05, 0) is 24.1 Å². The third-order valence-electron chi connectivity index (χ3n) is 8.84. The molecule has 1 amide bonds. The Balaban J connectivity index is 1.39. The molecule has 3 aliphatic heterocycles. The van der Waals surface area contributed by atoms with E-state index in [1.165, 1.54) is 25.6 Å². The van der Waals surface area contributed by atoms with Gasteiger partial charge >= 0.3 is 11.9 Å². The van der Waals surface area contributed by atoms with Gasteiger partial charge in [-0.25, -0.2) is 0 Å². The second kappa shape index (κ2) is 8.59.